The molecule has 1 aromatic carbocycles. The zero-order valence-electron chi connectivity index (χ0n) is 8.90. The van der Waals surface area contributed by atoms with Crippen LogP contribution in [0.2, 0.25) is 5.02 Å². The van der Waals surface area contributed by atoms with Gasteiger partial charge in [0.1, 0.15) is 5.75 Å². The van der Waals surface area contributed by atoms with Crippen LogP contribution in [0.3, 0.4) is 0 Å². The first kappa shape index (κ1) is 11.2. The molecule has 1 aliphatic rings. The first-order valence-electron chi connectivity index (χ1n) is 5.15. The summed E-state index contributed by atoms with van der Waals surface area (Å²) in [5.74, 6) is 1.17. The number of hydrogen-bond acceptors (Lipinski definition) is 3. The highest BCUT2D eigenvalue weighted by Crippen LogP contribution is 2.34. The van der Waals surface area contributed by atoms with Crippen molar-refractivity contribution in [3.05, 3.63) is 32.8 Å². The smallest absolute Gasteiger partial charge is 0.274 e. The van der Waals surface area contributed by atoms with Crippen LogP contribution in [-0.4, -0.2) is 11.5 Å². The summed E-state index contributed by atoms with van der Waals surface area (Å²) in [7, 11) is 0. The number of hydrogen-bond donors (Lipinski definition) is 0. The van der Waals surface area contributed by atoms with E-state index in [-0.39, 0.29) is 5.69 Å². The Kier molecular flexibility index (Phi) is 3.01. The topological polar surface area (TPSA) is 52.4 Å². The van der Waals surface area contributed by atoms with Gasteiger partial charge in [0.05, 0.1) is 16.6 Å². The van der Waals surface area contributed by atoms with Gasteiger partial charge in [-0.1, -0.05) is 11.6 Å². The molecule has 0 saturated heterocycles. The van der Waals surface area contributed by atoms with Crippen LogP contribution in [0, 0.1) is 23.0 Å². The first-order valence-corrected chi connectivity index (χ1v) is 5.53. The van der Waals surface area contributed by atoms with Crippen LogP contribution in [0.4, 0.5) is 5.69 Å². The van der Waals surface area contributed by atoms with Crippen molar-refractivity contribution in [3.63, 3.8) is 0 Å². The monoisotopic (exact) mass is 241 g/mol. The zero-order valence-corrected chi connectivity index (χ0v) is 9.66. The molecule has 0 spiro atoms. The van der Waals surface area contributed by atoms with E-state index >= 15 is 0 Å². The molecule has 1 saturated carbocycles. The Morgan fingerprint density at radius 1 is 1.56 bits per heavy atom. The van der Waals surface area contributed by atoms with Crippen molar-refractivity contribution in [2.45, 2.75) is 19.8 Å². The van der Waals surface area contributed by atoms with E-state index in [0.717, 1.165) is 0 Å². The third-order valence-electron chi connectivity index (χ3n) is 2.62. The molecule has 1 aliphatic carbocycles. The van der Waals surface area contributed by atoms with Gasteiger partial charge in [-0.05, 0) is 31.7 Å². The summed E-state index contributed by atoms with van der Waals surface area (Å²) in [5, 5.41) is 11.0. The van der Waals surface area contributed by atoms with E-state index in [1.54, 1.807) is 13.0 Å². The van der Waals surface area contributed by atoms with Crippen molar-refractivity contribution in [1.29, 1.82) is 0 Å². The minimum atomic E-state index is -0.439. The normalized spacial score (nSPS) is 14.9. The lowest BCUT2D eigenvalue weighted by molar-refractivity contribution is -0.385. The lowest BCUT2D eigenvalue weighted by Crippen LogP contribution is -2.01. The van der Waals surface area contributed by atoms with E-state index in [1.165, 1.54) is 18.9 Å². The van der Waals surface area contributed by atoms with Gasteiger partial charge >= 0.3 is 0 Å². The van der Waals surface area contributed by atoms with Crippen LogP contribution in [0.15, 0.2) is 12.1 Å². The molecule has 0 unspecified atom stereocenters. The third-order valence-corrected chi connectivity index (χ3v) is 2.91. The van der Waals surface area contributed by atoms with Crippen molar-refractivity contribution in [2.75, 3.05) is 6.61 Å². The van der Waals surface area contributed by atoms with Gasteiger partial charge in [-0.3, -0.25) is 10.1 Å². The van der Waals surface area contributed by atoms with Crippen LogP contribution in [-0.2, 0) is 0 Å². The average Bonchev–Trinajstić information content (AvgIpc) is 3.02. The number of aryl methyl sites for hydroxylation is 1. The largest absolute Gasteiger partial charge is 0.492 e. The van der Waals surface area contributed by atoms with Gasteiger partial charge in [0, 0.05) is 11.6 Å². The van der Waals surface area contributed by atoms with E-state index in [1.807, 2.05) is 0 Å². The maximum atomic E-state index is 10.7. The quantitative estimate of drug-likeness (QED) is 0.600. The van der Waals surface area contributed by atoms with E-state index < -0.39 is 4.92 Å². The number of rotatable bonds is 4. The van der Waals surface area contributed by atoms with Crippen molar-refractivity contribution >= 4 is 17.3 Å². The molecule has 1 fully saturated rings. The van der Waals surface area contributed by atoms with E-state index in [0.29, 0.717) is 28.9 Å². The molecule has 0 aromatic heterocycles. The van der Waals surface area contributed by atoms with E-state index in [4.69, 9.17) is 16.3 Å². The Labute approximate surface area is 98.3 Å². The predicted molar refractivity (Wildman–Crippen MR) is 61.1 cm³/mol. The average molecular weight is 242 g/mol. The summed E-state index contributed by atoms with van der Waals surface area (Å²) in [6.07, 6.45) is 2.40. The fourth-order valence-corrected chi connectivity index (χ4v) is 1.66. The number of nitrogens with zero attached hydrogens (tertiary/aromatic N) is 1. The standard InChI is InChI=1S/C11H12ClNO3/c1-7-4-11(16-6-8-2-3-8)9(12)5-10(7)13(14)15/h4-5,8H,2-3,6H2,1H3. The molecule has 0 amide bonds. The third kappa shape index (κ3) is 2.44. The second-order valence-corrected chi connectivity index (χ2v) is 4.49. The number of nitro benzene ring substituents is 1. The van der Waals surface area contributed by atoms with Gasteiger partial charge in [0.15, 0.2) is 0 Å². The van der Waals surface area contributed by atoms with Gasteiger partial charge in [0.2, 0.25) is 0 Å². The second-order valence-electron chi connectivity index (χ2n) is 4.08. The summed E-state index contributed by atoms with van der Waals surface area (Å²) in [5.41, 5.74) is 0.601. The zero-order chi connectivity index (χ0) is 11.7. The number of halogens is 1. The molecule has 0 bridgehead atoms. The van der Waals surface area contributed by atoms with Gasteiger partial charge in [0.25, 0.3) is 5.69 Å². The molecule has 86 valence electrons. The number of benzene rings is 1. The summed E-state index contributed by atoms with van der Waals surface area (Å²) in [6.45, 7) is 2.33. The fraction of sp³-hybridized carbons (Fsp3) is 0.455. The van der Waals surface area contributed by atoms with Crippen LogP contribution in [0.5, 0.6) is 5.75 Å². The van der Waals surface area contributed by atoms with E-state index in [2.05, 4.69) is 0 Å². The highest BCUT2D eigenvalue weighted by Gasteiger charge is 2.23. The summed E-state index contributed by atoms with van der Waals surface area (Å²) < 4.78 is 5.52. The molecule has 0 atom stereocenters. The maximum absolute atomic E-state index is 10.7. The Morgan fingerprint density at radius 2 is 2.25 bits per heavy atom. The Hall–Kier alpha value is -1.29. The van der Waals surface area contributed by atoms with Gasteiger partial charge in [-0.15, -0.1) is 0 Å². The predicted octanol–water partition coefficient (Wildman–Crippen LogP) is 3.35. The Bertz CT molecular complexity index is 429. The van der Waals surface area contributed by atoms with Gasteiger partial charge in [-0.25, -0.2) is 0 Å². The minimum Gasteiger partial charge on any atom is -0.492 e. The van der Waals surface area contributed by atoms with Crippen LogP contribution in [0.25, 0.3) is 0 Å². The van der Waals surface area contributed by atoms with Crippen molar-refractivity contribution in [3.8, 4) is 5.75 Å². The first-order chi connectivity index (χ1) is 7.58. The maximum Gasteiger partial charge on any atom is 0.274 e. The molecule has 16 heavy (non-hydrogen) atoms. The highest BCUT2D eigenvalue weighted by atomic mass is 35.5. The van der Waals surface area contributed by atoms with Crippen molar-refractivity contribution in [2.24, 2.45) is 5.92 Å². The molecule has 0 heterocycles. The lowest BCUT2D eigenvalue weighted by Gasteiger charge is -2.08. The molecular formula is C11H12ClNO3. The number of nitro groups is 1. The molecule has 0 aliphatic heterocycles. The second kappa shape index (κ2) is 4.29. The Morgan fingerprint density at radius 3 is 2.81 bits per heavy atom. The molecule has 0 N–H and O–H groups in total. The fourth-order valence-electron chi connectivity index (χ4n) is 1.44. The lowest BCUT2D eigenvalue weighted by atomic mass is 10.2. The molecule has 2 rings (SSSR count). The summed E-state index contributed by atoms with van der Waals surface area (Å²) in [4.78, 5) is 10.2. The molecule has 4 nitrogen and oxygen atoms in total. The molecular weight excluding hydrogens is 230 g/mol. The molecule has 5 heteroatoms. The summed E-state index contributed by atoms with van der Waals surface area (Å²) in [6, 6.07) is 2.97. The highest BCUT2D eigenvalue weighted by molar-refractivity contribution is 6.32. The molecule has 0 radical (unpaired) electrons. The number of ether oxygens (including phenoxy) is 1. The van der Waals surface area contributed by atoms with E-state index in [9.17, 15) is 10.1 Å². The Balaban J connectivity index is 2.18. The van der Waals surface area contributed by atoms with Gasteiger partial charge < -0.3 is 4.74 Å². The van der Waals surface area contributed by atoms with Crippen molar-refractivity contribution < 1.29 is 9.66 Å². The summed E-state index contributed by atoms with van der Waals surface area (Å²) >= 11 is 5.92. The van der Waals surface area contributed by atoms with Crippen LogP contribution < -0.4 is 4.74 Å². The minimum absolute atomic E-state index is 0.0313. The van der Waals surface area contributed by atoms with Gasteiger partial charge in [-0.2, -0.15) is 0 Å². The van der Waals surface area contributed by atoms with Crippen LogP contribution in [0.1, 0.15) is 18.4 Å². The van der Waals surface area contributed by atoms with Crippen LogP contribution >= 0.6 is 11.6 Å². The molecule has 1 aromatic rings. The van der Waals surface area contributed by atoms with Crippen molar-refractivity contribution in [1.82, 2.24) is 0 Å². The SMILES string of the molecule is Cc1cc(OCC2CC2)c(Cl)cc1[N+](=O)[O-].